The van der Waals surface area contributed by atoms with E-state index in [0.717, 1.165) is 13.1 Å². The maximum absolute atomic E-state index is 13.0. The smallest absolute Gasteiger partial charge is 0.410 e. The summed E-state index contributed by atoms with van der Waals surface area (Å²) in [6, 6.07) is 0. The molecule has 0 spiro atoms. The average molecular weight is 637 g/mol. The topological polar surface area (TPSA) is 153 Å². The van der Waals surface area contributed by atoms with E-state index >= 15 is 0 Å². The number of epoxide rings is 1. The van der Waals surface area contributed by atoms with Crippen LogP contribution in [0, 0.1) is 11.8 Å². The molecule has 256 valence electrons. The maximum Gasteiger partial charge on any atom is 0.410 e. The highest BCUT2D eigenvalue weighted by Gasteiger charge is 2.47. The van der Waals surface area contributed by atoms with Gasteiger partial charge in [-0.2, -0.15) is 0 Å². The average Bonchev–Trinajstić information content (AvgIpc) is 3.73. The van der Waals surface area contributed by atoms with Crippen molar-refractivity contribution >= 4 is 12.1 Å². The number of likely N-dealkylation sites (N-methyl/N-ethyl adjacent to an activating group) is 1. The van der Waals surface area contributed by atoms with Crippen molar-refractivity contribution in [3.8, 4) is 0 Å². The summed E-state index contributed by atoms with van der Waals surface area (Å²) in [5.41, 5.74) is -1.93. The molecule has 0 saturated carbocycles. The minimum absolute atomic E-state index is 0.00985. The summed E-state index contributed by atoms with van der Waals surface area (Å²) >= 11 is 0. The van der Waals surface area contributed by atoms with Gasteiger partial charge in [-0.3, -0.25) is 4.79 Å². The van der Waals surface area contributed by atoms with Crippen molar-refractivity contribution in [1.29, 1.82) is 0 Å². The summed E-state index contributed by atoms with van der Waals surface area (Å²) < 4.78 is 17.4. The second kappa shape index (κ2) is 16.0. The quantitative estimate of drug-likeness (QED) is 0.129. The molecule has 3 aliphatic heterocycles. The van der Waals surface area contributed by atoms with Crippen molar-refractivity contribution in [3.05, 3.63) is 36.0 Å². The first-order chi connectivity index (χ1) is 21.0. The molecule has 0 bridgehead atoms. The third-order valence-electron chi connectivity index (χ3n) is 9.36. The predicted molar refractivity (Wildman–Crippen MR) is 170 cm³/mol. The molecule has 0 aromatic rings. The molecule has 11 heteroatoms. The van der Waals surface area contributed by atoms with Crippen LogP contribution in [0.1, 0.15) is 73.6 Å². The molecule has 0 unspecified atom stereocenters. The van der Waals surface area contributed by atoms with E-state index in [1.54, 1.807) is 49.1 Å². The van der Waals surface area contributed by atoms with Crippen molar-refractivity contribution in [2.45, 2.75) is 121 Å². The largest absolute Gasteiger partial charge is 0.457 e. The van der Waals surface area contributed by atoms with Gasteiger partial charge in [-0.05, 0) is 58.7 Å². The summed E-state index contributed by atoms with van der Waals surface area (Å²) in [6.45, 7) is 13.3. The number of amides is 1. The monoisotopic (exact) mass is 636 g/mol. The van der Waals surface area contributed by atoms with Crippen LogP contribution in [0.15, 0.2) is 36.0 Å². The Kier molecular flexibility index (Phi) is 13.2. The lowest BCUT2D eigenvalue weighted by Gasteiger charge is -2.36. The fraction of sp³-hybridized carbons (Fsp3) is 0.765. The molecular formula is C34H56N2O9. The zero-order valence-corrected chi connectivity index (χ0v) is 28.1. The predicted octanol–water partition coefficient (Wildman–Crippen LogP) is 2.96. The van der Waals surface area contributed by atoms with Crippen LogP contribution in [0.4, 0.5) is 4.79 Å². The SMILES string of the molecule is CC[C@H](O)[C@@H](C)[C@H]1O[C@@H]1C[C@@](C)(O)/C=C/C=C(\C)[C@H]1OC(=O)C[C@H](O)CC[C@@](C)(O)[C@@H](OC(=O)N2CCN(C)CC2)/C=C\[C@@H]1C. The number of esters is 1. The second-order valence-corrected chi connectivity index (χ2v) is 13.8. The van der Waals surface area contributed by atoms with Gasteiger partial charge in [0.2, 0.25) is 0 Å². The van der Waals surface area contributed by atoms with Gasteiger partial charge in [0.05, 0.1) is 36.4 Å². The van der Waals surface area contributed by atoms with Gasteiger partial charge < -0.3 is 44.4 Å². The van der Waals surface area contributed by atoms with E-state index in [-0.39, 0.29) is 43.3 Å². The summed E-state index contributed by atoms with van der Waals surface area (Å²) in [6.07, 6.45) is 5.71. The Bertz CT molecular complexity index is 1080. The first-order valence-corrected chi connectivity index (χ1v) is 16.4. The lowest BCUT2D eigenvalue weighted by Crippen LogP contribution is -2.50. The molecule has 3 rings (SSSR count). The van der Waals surface area contributed by atoms with Crippen LogP contribution in [0.2, 0.25) is 0 Å². The number of aliphatic hydroxyl groups is 4. The number of aliphatic hydroxyl groups excluding tert-OH is 2. The van der Waals surface area contributed by atoms with Gasteiger partial charge in [0, 0.05) is 44.4 Å². The highest BCUT2D eigenvalue weighted by Crippen LogP contribution is 2.37. The van der Waals surface area contributed by atoms with E-state index in [0.29, 0.717) is 31.5 Å². The van der Waals surface area contributed by atoms with Crippen molar-refractivity contribution in [3.63, 3.8) is 0 Å². The number of allylic oxidation sites excluding steroid dienone is 2. The Hall–Kier alpha value is -2.28. The summed E-state index contributed by atoms with van der Waals surface area (Å²) in [5, 5.41) is 43.0. The standard InChI is InChI=1S/C34H56N2O9/c1-8-26(38)24(4)31-27(43-31)21-33(5,41)14-9-10-22(2)30-23(3)11-12-28(44-32(40)36-18-16-35(7)17-19-36)34(6,42)15-13-25(37)20-29(39)45-30/h9-12,14,23-28,30-31,37-38,41-42H,8,13,15-21H2,1-7H3/b12-11-,14-9+,22-10+/t23-,24+,25+,26-,27+,28-,30+,31+,33-,34+/m0/s1. The lowest BCUT2D eigenvalue weighted by molar-refractivity contribution is -0.151. The van der Waals surface area contributed by atoms with Crippen LogP contribution in [0.5, 0.6) is 0 Å². The number of cyclic esters (lactones) is 1. The number of nitrogens with zero attached hydrogens (tertiary/aromatic N) is 2. The molecule has 3 heterocycles. The van der Waals surface area contributed by atoms with Gasteiger partial charge in [-0.25, -0.2) is 4.79 Å². The minimum atomic E-state index is -1.48. The van der Waals surface area contributed by atoms with Gasteiger partial charge in [-0.15, -0.1) is 0 Å². The molecule has 0 aromatic heterocycles. The number of piperazine rings is 1. The Balaban J connectivity index is 1.74. The molecule has 4 N–H and O–H groups in total. The van der Waals surface area contributed by atoms with Crippen LogP contribution in [-0.2, 0) is 19.0 Å². The van der Waals surface area contributed by atoms with Gasteiger partial charge in [0.15, 0.2) is 6.10 Å². The van der Waals surface area contributed by atoms with Crippen LogP contribution in [0.25, 0.3) is 0 Å². The highest BCUT2D eigenvalue weighted by atomic mass is 16.6. The van der Waals surface area contributed by atoms with E-state index in [9.17, 15) is 30.0 Å². The lowest BCUT2D eigenvalue weighted by atomic mass is 9.88. The molecule has 0 aliphatic carbocycles. The Labute approximate surface area is 268 Å². The molecule has 10 atom stereocenters. The number of rotatable bonds is 9. The third kappa shape index (κ3) is 11.2. The first-order valence-electron chi connectivity index (χ1n) is 16.4. The maximum atomic E-state index is 13.0. The molecule has 2 saturated heterocycles. The number of hydrogen-bond donors (Lipinski definition) is 4. The van der Waals surface area contributed by atoms with Crippen LogP contribution in [0.3, 0.4) is 0 Å². The molecule has 11 nitrogen and oxygen atoms in total. The molecule has 45 heavy (non-hydrogen) atoms. The Morgan fingerprint density at radius 1 is 1.27 bits per heavy atom. The molecule has 1 amide bonds. The highest BCUT2D eigenvalue weighted by molar-refractivity contribution is 5.70. The minimum Gasteiger partial charge on any atom is -0.457 e. The number of carbonyl (C=O) groups excluding carboxylic acids is 2. The van der Waals surface area contributed by atoms with Crippen molar-refractivity contribution in [2.24, 2.45) is 11.8 Å². The first kappa shape index (κ1) is 37.2. The molecule has 0 radical (unpaired) electrons. The third-order valence-corrected chi connectivity index (χ3v) is 9.36. The zero-order chi connectivity index (χ0) is 33.5. The van der Waals surface area contributed by atoms with Crippen LogP contribution >= 0.6 is 0 Å². The van der Waals surface area contributed by atoms with Crippen LogP contribution in [-0.4, -0.2) is 123 Å². The van der Waals surface area contributed by atoms with Crippen LogP contribution < -0.4 is 0 Å². The fourth-order valence-electron chi connectivity index (χ4n) is 5.97. The van der Waals surface area contributed by atoms with Gasteiger partial charge in [0.1, 0.15) is 11.7 Å². The van der Waals surface area contributed by atoms with E-state index in [4.69, 9.17) is 14.2 Å². The second-order valence-electron chi connectivity index (χ2n) is 13.8. The van der Waals surface area contributed by atoms with E-state index in [2.05, 4.69) is 4.90 Å². The van der Waals surface area contributed by atoms with Gasteiger partial charge >= 0.3 is 12.1 Å². The van der Waals surface area contributed by atoms with E-state index in [1.807, 2.05) is 34.7 Å². The van der Waals surface area contributed by atoms with E-state index < -0.39 is 47.7 Å². The van der Waals surface area contributed by atoms with E-state index in [1.165, 1.54) is 0 Å². The molecule has 2 fully saturated rings. The molecule has 0 aromatic carbocycles. The van der Waals surface area contributed by atoms with Gasteiger partial charge in [0.25, 0.3) is 0 Å². The molecular weight excluding hydrogens is 580 g/mol. The van der Waals surface area contributed by atoms with Crippen molar-refractivity contribution < 1.29 is 44.2 Å². The normalized spacial score (nSPS) is 35.8. The Morgan fingerprint density at radius 2 is 1.93 bits per heavy atom. The van der Waals surface area contributed by atoms with Gasteiger partial charge in [-0.1, -0.05) is 45.1 Å². The summed E-state index contributed by atoms with van der Waals surface area (Å²) in [4.78, 5) is 29.6. The number of carbonyl (C=O) groups is 2. The summed E-state index contributed by atoms with van der Waals surface area (Å²) in [5.74, 6) is -0.942. The van der Waals surface area contributed by atoms with Crippen molar-refractivity contribution in [2.75, 3.05) is 33.2 Å². The fourth-order valence-corrected chi connectivity index (χ4v) is 5.97. The zero-order valence-electron chi connectivity index (χ0n) is 28.1. The number of hydrogen-bond acceptors (Lipinski definition) is 10. The summed E-state index contributed by atoms with van der Waals surface area (Å²) in [7, 11) is 1.99. The van der Waals surface area contributed by atoms with Crippen molar-refractivity contribution in [1.82, 2.24) is 9.80 Å². The Morgan fingerprint density at radius 3 is 2.58 bits per heavy atom. The molecule has 3 aliphatic rings. The number of ether oxygens (including phenoxy) is 3.